The van der Waals surface area contributed by atoms with Crippen LogP contribution in [0.3, 0.4) is 0 Å². The average Bonchev–Trinajstić information content (AvgIpc) is 2.67. The molecule has 1 heterocycles. The van der Waals surface area contributed by atoms with Gasteiger partial charge in [0, 0.05) is 12.3 Å². The Bertz CT molecular complexity index is 494. The molecule has 84 valence electrons. The maximum absolute atomic E-state index is 12.9. The van der Waals surface area contributed by atoms with E-state index < -0.39 is 0 Å². The summed E-state index contributed by atoms with van der Waals surface area (Å²) in [5, 5.41) is 4.23. The Labute approximate surface area is 93.5 Å². The molecule has 0 saturated carbocycles. The van der Waals surface area contributed by atoms with Crippen molar-refractivity contribution in [2.45, 2.75) is 13.8 Å². The summed E-state index contributed by atoms with van der Waals surface area (Å²) in [5.74, 6) is 0.338. The number of nitrogens with zero attached hydrogens (tertiary/aromatic N) is 2. The Balaban J connectivity index is 2.35. The maximum atomic E-state index is 12.9. The van der Waals surface area contributed by atoms with Crippen LogP contribution in [0.4, 0.5) is 4.39 Å². The quantitative estimate of drug-likeness (QED) is 0.795. The smallest absolute Gasteiger partial charge is 0.233 e. The van der Waals surface area contributed by atoms with Gasteiger partial charge in [-0.05, 0) is 37.6 Å². The third-order valence-electron chi connectivity index (χ3n) is 2.26. The Morgan fingerprint density at radius 1 is 1.38 bits per heavy atom. The predicted molar refractivity (Wildman–Crippen MR) is 59.4 cm³/mol. The van der Waals surface area contributed by atoms with Crippen molar-refractivity contribution in [3.8, 4) is 11.6 Å². The van der Waals surface area contributed by atoms with Gasteiger partial charge in [0.1, 0.15) is 5.82 Å². The topological polar surface area (TPSA) is 27.1 Å². The van der Waals surface area contributed by atoms with E-state index in [1.54, 1.807) is 23.0 Å². The Morgan fingerprint density at radius 2 is 2.19 bits per heavy atom. The Kier molecular flexibility index (Phi) is 2.90. The van der Waals surface area contributed by atoms with Crippen LogP contribution in [0.2, 0.25) is 0 Å². The molecule has 2 aromatic rings. The van der Waals surface area contributed by atoms with Gasteiger partial charge in [-0.2, -0.15) is 0 Å². The highest BCUT2D eigenvalue weighted by molar-refractivity contribution is 5.40. The van der Waals surface area contributed by atoms with Crippen LogP contribution in [0.15, 0.2) is 30.5 Å². The van der Waals surface area contributed by atoms with Gasteiger partial charge >= 0.3 is 0 Å². The second-order valence-corrected chi connectivity index (χ2v) is 3.46. The van der Waals surface area contributed by atoms with Crippen molar-refractivity contribution in [3.63, 3.8) is 0 Å². The van der Waals surface area contributed by atoms with E-state index in [0.717, 1.165) is 11.3 Å². The Morgan fingerprint density at radius 3 is 2.88 bits per heavy atom. The first-order valence-corrected chi connectivity index (χ1v) is 5.15. The molecule has 0 unspecified atom stereocenters. The zero-order chi connectivity index (χ0) is 11.5. The number of hydrogen-bond donors (Lipinski definition) is 0. The van der Waals surface area contributed by atoms with Gasteiger partial charge in [0.25, 0.3) is 0 Å². The monoisotopic (exact) mass is 220 g/mol. The molecule has 0 spiro atoms. The zero-order valence-corrected chi connectivity index (χ0v) is 9.27. The number of aromatic nitrogens is 2. The molecule has 3 nitrogen and oxygen atoms in total. The molecule has 0 saturated heterocycles. The minimum atomic E-state index is -0.238. The molecule has 0 atom stereocenters. The van der Waals surface area contributed by atoms with E-state index in [1.165, 1.54) is 12.1 Å². The first-order chi connectivity index (χ1) is 7.70. The fraction of sp³-hybridized carbons (Fsp3) is 0.250. The summed E-state index contributed by atoms with van der Waals surface area (Å²) in [4.78, 5) is 0. The van der Waals surface area contributed by atoms with Gasteiger partial charge in [-0.3, -0.25) is 0 Å². The lowest BCUT2D eigenvalue weighted by atomic mass is 10.2. The summed E-state index contributed by atoms with van der Waals surface area (Å²) < 4.78 is 19.9. The highest BCUT2D eigenvalue weighted by atomic mass is 19.1. The summed E-state index contributed by atoms with van der Waals surface area (Å²) in [6, 6.07) is 6.39. The average molecular weight is 220 g/mol. The number of hydrogen-bond acceptors (Lipinski definition) is 2. The van der Waals surface area contributed by atoms with Gasteiger partial charge in [0.2, 0.25) is 5.88 Å². The molecule has 0 amide bonds. The third kappa shape index (κ3) is 2.05. The largest absolute Gasteiger partial charge is 0.477 e. The fourth-order valence-corrected chi connectivity index (χ4v) is 1.54. The summed E-state index contributed by atoms with van der Waals surface area (Å²) in [6.07, 6.45) is 1.80. The van der Waals surface area contributed by atoms with Crippen molar-refractivity contribution < 1.29 is 9.13 Å². The third-order valence-corrected chi connectivity index (χ3v) is 2.26. The molecule has 2 rings (SSSR count). The molecule has 1 aromatic heterocycles. The molecule has 0 aliphatic carbocycles. The number of benzene rings is 1. The van der Waals surface area contributed by atoms with E-state index in [2.05, 4.69) is 5.10 Å². The molecular weight excluding hydrogens is 207 g/mol. The summed E-state index contributed by atoms with van der Waals surface area (Å²) in [7, 11) is 0. The first kappa shape index (κ1) is 10.7. The van der Waals surface area contributed by atoms with E-state index in [9.17, 15) is 4.39 Å². The van der Waals surface area contributed by atoms with E-state index in [1.807, 2.05) is 13.8 Å². The summed E-state index contributed by atoms with van der Waals surface area (Å²) in [5.41, 5.74) is 1.69. The normalized spacial score (nSPS) is 10.4. The SMILES string of the molecule is CCOc1ccn(-c2ccc(F)cc2C)n1. The lowest BCUT2D eigenvalue weighted by Crippen LogP contribution is -1.99. The molecule has 0 N–H and O–H groups in total. The minimum absolute atomic E-state index is 0.238. The lowest BCUT2D eigenvalue weighted by molar-refractivity contribution is 0.324. The Hall–Kier alpha value is -1.84. The van der Waals surface area contributed by atoms with Gasteiger partial charge < -0.3 is 4.74 Å². The van der Waals surface area contributed by atoms with Crippen molar-refractivity contribution >= 4 is 0 Å². The maximum Gasteiger partial charge on any atom is 0.233 e. The van der Waals surface area contributed by atoms with Crippen LogP contribution in [0.25, 0.3) is 5.69 Å². The summed E-state index contributed by atoms with van der Waals surface area (Å²) >= 11 is 0. The molecule has 4 heteroatoms. The molecule has 0 aliphatic rings. The lowest BCUT2D eigenvalue weighted by Gasteiger charge is -2.05. The molecule has 0 radical (unpaired) electrons. The van der Waals surface area contributed by atoms with Crippen molar-refractivity contribution in [2.75, 3.05) is 6.61 Å². The van der Waals surface area contributed by atoms with Crippen LogP contribution in [0.1, 0.15) is 12.5 Å². The standard InChI is InChI=1S/C12H13FN2O/c1-3-16-12-6-7-15(14-12)11-5-4-10(13)8-9(11)2/h4-8H,3H2,1-2H3. The molecule has 0 fully saturated rings. The molecule has 0 aliphatic heterocycles. The zero-order valence-electron chi connectivity index (χ0n) is 9.27. The van der Waals surface area contributed by atoms with Gasteiger partial charge in [-0.25, -0.2) is 9.07 Å². The van der Waals surface area contributed by atoms with Crippen LogP contribution in [-0.4, -0.2) is 16.4 Å². The first-order valence-electron chi connectivity index (χ1n) is 5.15. The molecule has 16 heavy (non-hydrogen) atoms. The number of rotatable bonds is 3. The van der Waals surface area contributed by atoms with E-state index in [0.29, 0.717) is 12.5 Å². The van der Waals surface area contributed by atoms with E-state index >= 15 is 0 Å². The highest BCUT2D eigenvalue weighted by Crippen LogP contribution is 2.16. The number of ether oxygens (including phenoxy) is 1. The number of halogens is 1. The van der Waals surface area contributed by atoms with Crippen molar-refractivity contribution in [1.29, 1.82) is 0 Å². The van der Waals surface area contributed by atoms with Crippen LogP contribution >= 0.6 is 0 Å². The number of aryl methyl sites for hydroxylation is 1. The van der Waals surface area contributed by atoms with Crippen LogP contribution in [0.5, 0.6) is 5.88 Å². The van der Waals surface area contributed by atoms with Crippen molar-refractivity contribution in [3.05, 3.63) is 41.8 Å². The van der Waals surface area contributed by atoms with Crippen LogP contribution in [0, 0.1) is 12.7 Å². The summed E-state index contributed by atoms with van der Waals surface area (Å²) in [6.45, 7) is 4.34. The fourth-order valence-electron chi connectivity index (χ4n) is 1.54. The van der Waals surface area contributed by atoms with Gasteiger partial charge in [0.05, 0.1) is 12.3 Å². The minimum Gasteiger partial charge on any atom is -0.477 e. The second kappa shape index (κ2) is 4.35. The highest BCUT2D eigenvalue weighted by Gasteiger charge is 2.05. The molecule has 1 aromatic carbocycles. The second-order valence-electron chi connectivity index (χ2n) is 3.46. The van der Waals surface area contributed by atoms with Crippen LogP contribution in [-0.2, 0) is 0 Å². The molecule has 0 bridgehead atoms. The van der Waals surface area contributed by atoms with E-state index in [4.69, 9.17) is 4.74 Å². The molecular formula is C12H13FN2O. The van der Waals surface area contributed by atoms with Gasteiger partial charge in [-0.1, -0.05) is 0 Å². The van der Waals surface area contributed by atoms with E-state index in [-0.39, 0.29) is 5.82 Å². The predicted octanol–water partition coefficient (Wildman–Crippen LogP) is 2.72. The van der Waals surface area contributed by atoms with Crippen LogP contribution < -0.4 is 4.74 Å². The van der Waals surface area contributed by atoms with Gasteiger partial charge in [-0.15, -0.1) is 5.10 Å². The van der Waals surface area contributed by atoms with Crippen molar-refractivity contribution in [2.24, 2.45) is 0 Å². The van der Waals surface area contributed by atoms with Gasteiger partial charge in [0.15, 0.2) is 0 Å². The van der Waals surface area contributed by atoms with Crippen molar-refractivity contribution in [1.82, 2.24) is 9.78 Å².